The van der Waals surface area contributed by atoms with Crippen molar-refractivity contribution in [1.82, 2.24) is 0 Å². The number of carbonyl (C=O) groups excluding carboxylic acids is 1. The molecular formula is C13H18O3. The van der Waals surface area contributed by atoms with Gasteiger partial charge in [0.25, 0.3) is 0 Å². The van der Waals surface area contributed by atoms with Crippen LogP contribution in [0.25, 0.3) is 0 Å². The summed E-state index contributed by atoms with van der Waals surface area (Å²) in [6.07, 6.45) is 6.65. The zero-order valence-corrected chi connectivity index (χ0v) is 9.86. The van der Waals surface area contributed by atoms with E-state index in [1.54, 1.807) is 25.3 Å². The predicted octanol–water partition coefficient (Wildman–Crippen LogP) is 3.46. The van der Waals surface area contributed by atoms with Crippen molar-refractivity contribution in [2.24, 2.45) is 0 Å². The van der Waals surface area contributed by atoms with E-state index in [1.807, 2.05) is 6.08 Å². The highest BCUT2D eigenvalue weighted by Gasteiger charge is 2.06. The van der Waals surface area contributed by atoms with Crippen molar-refractivity contribution in [3.8, 4) is 0 Å². The lowest BCUT2D eigenvalue weighted by Gasteiger charge is -2.02. The van der Waals surface area contributed by atoms with E-state index in [4.69, 9.17) is 9.15 Å². The predicted molar refractivity (Wildman–Crippen MR) is 61.8 cm³/mol. The molecule has 0 aromatic carbocycles. The maximum absolute atomic E-state index is 11.5. The van der Waals surface area contributed by atoms with E-state index in [9.17, 15) is 4.79 Å². The van der Waals surface area contributed by atoms with Gasteiger partial charge in [-0.3, -0.25) is 0 Å². The number of esters is 1. The zero-order valence-electron chi connectivity index (χ0n) is 9.86. The molecule has 0 unspecified atom stereocenters. The number of rotatable bonds is 6. The van der Waals surface area contributed by atoms with Crippen LogP contribution < -0.4 is 0 Å². The Morgan fingerprint density at radius 2 is 2.38 bits per heavy atom. The first-order valence-corrected chi connectivity index (χ1v) is 5.60. The molecule has 0 saturated carbocycles. The molecule has 0 aliphatic carbocycles. The van der Waals surface area contributed by atoms with Crippen molar-refractivity contribution in [2.75, 3.05) is 0 Å². The molecule has 1 aromatic rings. The molecule has 0 fully saturated rings. The van der Waals surface area contributed by atoms with Crippen LogP contribution in [0.3, 0.4) is 0 Å². The molecule has 0 radical (unpaired) electrons. The minimum Gasteiger partial charge on any atom is -0.466 e. The van der Waals surface area contributed by atoms with E-state index < -0.39 is 0 Å². The zero-order chi connectivity index (χ0) is 11.8. The summed E-state index contributed by atoms with van der Waals surface area (Å²) in [6, 6.07) is 3.55. The van der Waals surface area contributed by atoms with Crippen LogP contribution in [0, 0.1) is 0 Å². The maximum atomic E-state index is 11.5. The molecular weight excluding hydrogens is 204 g/mol. The van der Waals surface area contributed by atoms with Gasteiger partial charge in [0.05, 0.1) is 6.26 Å². The number of ether oxygens (including phenoxy) is 1. The summed E-state index contributed by atoms with van der Waals surface area (Å²) in [5, 5.41) is 0. The topological polar surface area (TPSA) is 39.4 Å². The second-order valence-corrected chi connectivity index (χ2v) is 3.68. The molecule has 88 valence electrons. The van der Waals surface area contributed by atoms with E-state index >= 15 is 0 Å². The van der Waals surface area contributed by atoms with Gasteiger partial charge in [-0.05, 0) is 25.5 Å². The first-order valence-electron chi connectivity index (χ1n) is 5.60. The lowest BCUT2D eigenvalue weighted by atomic mass is 10.2. The van der Waals surface area contributed by atoms with Gasteiger partial charge in [0.1, 0.15) is 12.4 Å². The molecule has 16 heavy (non-hydrogen) atoms. The highest BCUT2D eigenvalue weighted by atomic mass is 16.5. The number of furan rings is 1. The van der Waals surface area contributed by atoms with E-state index in [1.165, 1.54) is 0 Å². The van der Waals surface area contributed by atoms with Gasteiger partial charge in [0.2, 0.25) is 0 Å². The molecule has 0 bridgehead atoms. The largest absolute Gasteiger partial charge is 0.466 e. The minimum absolute atomic E-state index is 0.199. The molecule has 0 aliphatic rings. The number of allylic oxidation sites excluding steroid dienone is 1. The Kier molecular flexibility index (Phi) is 5.40. The van der Waals surface area contributed by atoms with Gasteiger partial charge < -0.3 is 9.15 Å². The normalized spacial score (nSPS) is 11.5. The van der Waals surface area contributed by atoms with Crippen LogP contribution in [0.4, 0.5) is 0 Å². The Labute approximate surface area is 96.1 Å². The summed E-state index contributed by atoms with van der Waals surface area (Å²) in [6.45, 7) is 4.10. The summed E-state index contributed by atoms with van der Waals surface area (Å²) < 4.78 is 10.1. The molecule has 3 nitrogen and oxygen atoms in total. The van der Waals surface area contributed by atoms with Crippen LogP contribution in [-0.2, 0) is 16.1 Å². The quantitative estimate of drug-likeness (QED) is 0.420. The van der Waals surface area contributed by atoms with Gasteiger partial charge in [-0.15, -0.1) is 0 Å². The fourth-order valence-corrected chi connectivity index (χ4v) is 1.25. The van der Waals surface area contributed by atoms with Crippen LogP contribution in [0.5, 0.6) is 0 Å². The van der Waals surface area contributed by atoms with Crippen molar-refractivity contribution >= 4 is 5.97 Å². The van der Waals surface area contributed by atoms with Crippen LogP contribution in [0.1, 0.15) is 38.9 Å². The summed E-state index contributed by atoms with van der Waals surface area (Å²) >= 11 is 0. The van der Waals surface area contributed by atoms with Gasteiger partial charge in [0, 0.05) is 5.57 Å². The van der Waals surface area contributed by atoms with Crippen molar-refractivity contribution in [2.45, 2.75) is 39.7 Å². The molecule has 1 heterocycles. The van der Waals surface area contributed by atoms with Crippen molar-refractivity contribution in [1.29, 1.82) is 0 Å². The van der Waals surface area contributed by atoms with Crippen LogP contribution in [0.15, 0.2) is 34.5 Å². The van der Waals surface area contributed by atoms with E-state index in [2.05, 4.69) is 6.92 Å². The monoisotopic (exact) mass is 222 g/mol. The van der Waals surface area contributed by atoms with Gasteiger partial charge in [-0.2, -0.15) is 0 Å². The molecule has 0 atom stereocenters. The van der Waals surface area contributed by atoms with Crippen LogP contribution in [-0.4, -0.2) is 5.97 Å². The molecule has 1 aromatic heterocycles. The Morgan fingerprint density at radius 1 is 1.56 bits per heavy atom. The molecule has 0 N–H and O–H groups in total. The lowest BCUT2D eigenvalue weighted by Crippen LogP contribution is -2.05. The number of hydrogen-bond acceptors (Lipinski definition) is 3. The van der Waals surface area contributed by atoms with Gasteiger partial charge in [-0.1, -0.05) is 25.8 Å². The highest BCUT2D eigenvalue weighted by molar-refractivity contribution is 5.87. The summed E-state index contributed by atoms with van der Waals surface area (Å²) in [5.74, 6) is 0.391. The first kappa shape index (κ1) is 12.6. The Balaban J connectivity index is 2.31. The van der Waals surface area contributed by atoms with Crippen LogP contribution in [0.2, 0.25) is 0 Å². The Morgan fingerprint density at radius 3 is 3.00 bits per heavy atom. The fourth-order valence-electron chi connectivity index (χ4n) is 1.25. The minimum atomic E-state index is -0.271. The number of carbonyl (C=O) groups is 1. The van der Waals surface area contributed by atoms with Gasteiger partial charge in [-0.25, -0.2) is 4.79 Å². The van der Waals surface area contributed by atoms with Gasteiger partial charge in [0.15, 0.2) is 0 Å². The second-order valence-electron chi connectivity index (χ2n) is 3.68. The molecule has 3 heteroatoms. The Hall–Kier alpha value is -1.51. The molecule has 0 spiro atoms. The lowest BCUT2D eigenvalue weighted by molar-refractivity contribution is -0.140. The van der Waals surface area contributed by atoms with E-state index in [0.29, 0.717) is 11.3 Å². The summed E-state index contributed by atoms with van der Waals surface area (Å²) in [5.41, 5.74) is 0.667. The summed E-state index contributed by atoms with van der Waals surface area (Å²) in [7, 11) is 0. The number of hydrogen-bond donors (Lipinski definition) is 0. The van der Waals surface area contributed by atoms with E-state index in [0.717, 1.165) is 19.3 Å². The molecule has 1 rings (SSSR count). The number of unbranched alkanes of at least 4 members (excludes halogenated alkanes) is 2. The highest BCUT2D eigenvalue weighted by Crippen LogP contribution is 2.06. The molecule has 0 aliphatic heterocycles. The third-order valence-corrected chi connectivity index (χ3v) is 2.26. The average molecular weight is 222 g/mol. The van der Waals surface area contributed by atoms with Crippen molar-refractivity contribution < 1.29 is 13.9 Å². The summed E-state index contributed by atoms with van der Waals surface area (Å²) in [4.78, 5) is 11.5. The third-order valence-electron chi connectivity index (χ3n) is 2.26. The van der Waals surface area contributed by atoms with Gasteiger partial charge >= 0.3 is 5.97 Å². The van der Waals surface area contributed by atoms with Crippen molar-refractivity contribution in [3.63, 3.8) is 0 Å². The SMILES string of the molecule is CCCCC=C(C)C(=O)OCc1ccco1. The average Bonchev–Trinajstić information content (AvgIpc) is 2.79. The molecule has 0 amide bonds. The molecule has 0 saturated heterocycles. The van der Waals surface area contributed by atoms with Crippen LogP contribution >= 0.6 is 0 Å². The standard InChI is InChI=1S/C13H18O3/c1-3-4-5-7-11(2)13(14)16-10-12-8-6-9-15-12/h6-9H,3-5,10H2,1-2H3. The fraction of sp³-hybridized carbons (Fsp3) is 0.462. The first-order chi connectivity index (χ1) is 7.74. The third kappa shape index (κ3) is 4.34. The van der Waals surface area contributed by atoms with Crippen molar-refractivity contribution in [3.05, 3.63) is 35.8 Å². The Bertz CT molecular complexity index is 336. The second kappa shape index (κ2) is 6.88. The van der Waals surface area contributed by atoms with E-state index in [-0.39, 0.29) is 12.6 Å². The smallest absolute Gasteiger partial charge is 0.333 e. The maximum Gasteiger partial charge on any atom is 0.333 e.